The normalized spacial score (nSPS) is 31.8. The van der Waals surface area contributed by atoms with Crippen molar-refractivity contribution in [2.75, 3.05) is 13.7 Å². The van der Waals surface area contributed by atoms with E-state index >= 15 is 0 Å². The van der Waals surface area contributed by atoms with Crippen LogP contribution >= 0.6 is 0 Å². The first-order valence-electron chi connectivity index (χ1n) is 7.62. The van der Waals surface area contributed by atoms with E-state index in [-0.39, 0.29) is 11.5 Å². The van der Waals surface area contributed by atoms with Crippen LogP contribution in [-0.4, -0.2) is 42.3 Å². The van der Waals surface area contributed by atoms with Crippen molar-refractivity contribution >= 4 is 6.41 Å². The fourth-order valence-corrected chi connectivity index (χ4v) is 4.05. The van der Waals surface area contributed by atoms with Crippen LogP contribution in [0.15, 0.2) is 24.3 Å². The molecule has 0 bridgehead atoms. The quantitative estimate of drug-likeness (QED) is 0.662. The van der Waals surface area contributed by atoms with Crippen molar-refractivity contribution in [1.29, 1.82) is 0 Å². The van der Waals surface area contributed by atoms with E-state index in [2.05, 4.69) is 6.08 Å². The highest BCUT2D eigenvalue weighted by Gasteiger charge is 2.52. The number of amides is 1. The molecule has 3 atom stereocenters. The zero-order valence-corrected chi connectivity index (χ0v) is 12.5. The van der Waals surface area contributed by atoms with E-state index < -0.39 is 6.10 Å². The Morgan fingerprint density at radius 1 is 1.50 bits per heavy atom. The molecular formula is C17H19NO4. The first-order valence-corrected chi connectivity index (χ1v) is 7.62. The van der Waals surface area contributed by atoms with Gasteiger partial charge in [0, 0.05) is 25.1 Å². The van der Waals surface area contributed by atoms with Gasteiger partial charge >= 0.3 is 0 Å². The topological polar surface area (TPSA) is 59.0 Å². The highest BCUT2D eigenvalue weighted by molar-refractivity contribution is 5.62. The number of methoxy groups -OCH3 is 1. The lowest BCUT2D eigenvalue weighted by molar-refractivity contribution is -0.118. The fourth-order valence-electron chi connectivity index (χ4n) is 4.05. The molecule has 1 aromatic rings. The molecule has 0 fully saturated rings. The molecule has 5 heteroatoms. The molecular weight excluding hydrogens is 282 g/mol. The van der Waals surface area contributed by atoms with Crippen LogP contribution in [0.4, 0.5) is 0 Å². The van der Waals surface area contributed by atoms with E-state index in [0.717, 1.165) is 35.5 Å². The highest BCUT2D eigenvalue weighted by atomic mass is 16.5. The molecule has 0 radical (unpaired) electrons. The van der Waals surface area contributed by atoms with Crippen LogP contribution in [0.2, 0.25) is 0 Å². The number of hydrogen-bond donors (Lipinski definition) is 1. The Balaban J connectivity index is 1.94. The average molecular weight is 301 g/mol. The molecule has 0 aromatic heterocycles. The van der Waals surface area contributed by atoms with Gasteiger partial charge in [-0.3, -0.25) is 4.79 Å². The first-order chi connectivity index (χ1) is 10.7. The summed E-state index contributed by atoms with van der Waals surface area (Å²) < 4.78 is 11.7. The molecule has 3 aliphatic rings. The number of nitrogens with zero attached hydrogens (tertiary/aromatic N) is 1. The Hall–Kier alpha value is -2.01. The number of hydrogen-bond acceptors (Lipinski definition) is 4. The van der Waals surface area contributed by atoms with E-state index in [0.29, 0.717) is 19.5 Å². The minimum Gasteiger partial charge on any atom is -0.493 e. The van der Waals surface area contributed by atoms with Crippen LogP contribution < -0.4 is 9.47 Å². The molecule has 2 heterocycles. The Morgan fingerprint density at radius 3 is 3.14 bits per heavy atom. The third kappa shape index (κ3) is 1.72. The van der Waals surface area contributed by atoms with Crippen LogP contribution in [0.25, 0.3) is 0 Å². The monoisotopic (exact) mass is 301 g/mol. The van der Waals surface area contributed by atoms with Gasteiger partial charge in [-0.25, -0.2) is 0 Å². The second-order valence-corrected chi connectivity index (χ2v) is 6.27. The van der Waals surface area contributed by atoms with Crippen LogP contribution in [0.5, 0.6) is 11.5 Å². The fraction of sp³-hybridized carbons (Fsp3) is 0.471. The van der Waals surface area contributed by atoms with E-state index in [1.54, 1.807) is 12.0 Å². The number of rotatable bonds is 2. The van der Waals surface area contributed by atoms with Crippen molar-refractivity contribution in [3.63, 3.8) is 0 Å². The maximum Gasteiger partial charge on any atom is 0.210 e. The number of ether oxygens (including phenoxy) is 2. The molecule has 5 nitrogen and oxygen atoms in total. The maximum absolute atomic E-state index is 11.3. The number of benzene rings is 1. The molecule has 1 aliphatic carbocycles. The van der Waals surface area contributed by atoms with Gasteiger partial charge in [0.05, 0.1) is 18.6 Å². The summed E-state index contributed by atoms with van der Waals surface area (Å²) >= 11 is 0. The molecule has 4 rings (SSSR count). The summed E-state index contributed by atoms with van der Waals surface area (Å²) in [4.78, 5) is 13.1. The summed E-state index contributed by atoms with van der Waals surface area (Å²) in [6, 6.07) is 3.92. The Bertz CT molecular complexity index is 656. The van der Waals surface area contributed by atoms with Crippen LogP contribution in [0.1, 0.15) is 24.0 Å². The molecule has 0 saturated carbocycles. The molecule has 2 aliphatic heterocycles. The maximum atomic E-state index is 11.3. The van der Waals surface area contributed by atoms with Gasteiger partial charge in [-0.15, -0.1) is 0 Å². The minimum absolute atomic E-state index is 0.107. The Morgan fingerprint density at radius 2 is 2.36 bits per heavy atom. The van der Waals surface area contributed by atoms with Crippen LogP contribution in [0, 0.1) is 0 Å². The van der Waals surface area contributed by atoms with Crippen molar-refractivity contribution in [2.24, 2.45) is 0 Å². The van der Waals surface area contributed by atoms with Gasteiger partial charge in [0.25, 0.3) is 0 Å². The Labute approximate surface area is 129 Å². The predicted molar refractivity (Wildman–Crippen MR) is 79.9 cm³/mol. The zero-order valence-electron chi connectivity index (χ0n) is 12.5. The first kappa shape index (κ1) is 13.6. The predicted octanol–water partition coefficient (Wildman–Crippen LogP) is 1.38. The van der Waals surface area contributed by atoms with Gasteiger partial charge < -0.3 is 19.5 Å². The summed E-state index contributed by atoms with van der Waals surface area (Å²) in [5.41, 5.74) is 1.96. The van der Waals surface area contributed by atoms with Crippen molar-refractivity contribution in [3.05, 3.63) is 35.4 Å². The highest BCUT2D eigenvalue weighted by Crippen LogP contribution is 2.55. The smallest absolute Gasteiger partial charge is 0.210 e. The summed E-state index contributed by atoms with van der Waals surface area (Å²) in [7, 11) is 1.63. The number of aliphatic hydroxyl groups is 1. The second-order valence-electron chi connectivity index (χ2n) is 6.27. The third-order valence-electron chi connectivity index (χ3n) is 5.13. The Kier molecular flexibility index (Phi) is 2.94. The molecule has 3 unspecified atom stereocenters. The number of aliphatic hydroxyl groups excluding tert-OH is 1. The van der Waals surface area contributed by atoms with Crippen molar-refractivity contribution in [2.45, 2.75) is 37.0 Å². The average Bonchev–Trinajstić information content (AvgIpc) is 2.76. The summed E-state index contributed by atoms with van der Waals surface area (Å²) in [5.74, 6) is 1.49. The largest absolute Gasteiger partial charge is 0.493 e. The van der Waals surface area contributed by atoms with Crippen molar-refractivity contribution in [3.8, 4) is 11.5 Å². The second kappa shape index (κ2) is 4.74. The lowest BCUT2D eigenvalue weighted by Gasteiger charge is -2.35. The molecule has 1 spiro atoms. The van der Waals surface area contributed by atoms with E-state index in [1.165, 1.54) is 0 Å². The molecule has 1 N–H and O–H groups in total. The van der Waals surface area contributed by atoms with Crippen molar-refractivity contribution in [1.82, 2.24) is 4.90 Å². The standard InChI is InChI=1S/C17H19NO4/c1-21-13-3-2-11-9-18(10-19)7-6-17-5-4-12(20)8-14(17)22-16(13)15(11)17/h2-5,10,12,14,20H,6-9H2,1H3. The molecule has 0 saturated heterocycles. The number of carbonyl (C=O) groups is 1. The van der Waals surface area contributed by atoms with Gasteiger partial charge in [0.2, 0.25) is 6.41 Å². The van der Waals surface area contributed by atoms with Crippen LogP contribution in [0.3, 0.4) is 0 Å². The minimum atomic E-state index is -0.482. The summed E-state index contributed by atoms with van der Waals surface area (Å²) in [6.07, 6.45) is 5.62. The lowest BCUT2D eigenvalue weighted by atomic mass is 9.69. The molecule has 22 heavy (non-hydrogen) atoms. The molecule has 1 amide bonds. The van der Waals surface area contributed by atoms with Gasteiger partial charge in [0.15, 0.2) is 11.5 Å². The third-order valence-corrected chi connectivity index (χ3v) is 5.13. The SMILES string of the molecule is COc1ccc2c3c1OC1CC(O)C=CC31CCN(C=O)C2. The zero-order chi connectivity index (χ0) is 15.3. The van der Waals surface area contributed by atoms with Crippen LogP contribution in [-0.2, 0) is 16.8 Å². The van der Waals surface area contributed by atoms with Crippen molar-refractivity contribution < 1.29 is 19.4 Å². The van der Waals surface area contributed by atoms with Gasteiger partial charge in [-0.1, -0.05) is 18.2 Å². The van der Waals surface area contributed by atoms with E-state index in [4.69, 9.17) is 9.47 Å². The lowest BCUT2D eigenvalue weighted by Crippen LogP contribution is -2.42. The molecule has 1 aromatic carbocycles. The van der Waals surface area contributed by atoms with E-state index in [1.807, 2.05) is 18.2 Å². The van der Waals surface area contributed by atoms with E-state index in [9.17, 15) is 9.90 Å². The summed E-state index contributed by atoms with van der Waals surface area (Å²) in [5, 5.41) is 9.96. The molecule has 116 valence electrons. The van der Waals surface area contributed by atoms with Gasteiger partial charge in [-0.2, -0.15) is 0 Å². The summed E-state index contributed by atoms with van der Waals surface area (Å²) in [6.45, 7) is 1.27. The van der Waals surface area contributed by atoms with Gasteiger partial charge in [0.1, 0.15) is 6.10 Å². The van der Waals surface area contributed by atoms with Gasteiger partial charge in [-0.05, 0) is 18.1 Å². The number of carbonyl (C=O) groups excluding carboxylic acids is 1.